The summed E-state index contributed by atoms with van der Waals surface area (Å²) in [5.41, 5.74) is 0.212. The van der Waals surface area contributed by atoms with Crippen LogP contribution in [0.3, 0.4) is 0 Å². The van der Waals surface area contributed by atoms with Crippen LogP contribution in [0.2, 0.25) is 0 Å². The van der Waals surface area contributed by atoms with Crippen LogP contribution in [0, 0.1) is 5.92 Å². The Balaban J connectivity index is 2.65. The second kappa shape index (κ2) is 7.47. The SMILES string of the molecule is CC(CNC(=O)c1ncccc1OC(C)C)CC(=O)O. The van der Waals surface area contributed by atoms with Crippen molar-refractivity contribution in [3.8, 4) is 5.75 Å². The molecule has 0 radical (unpaired) electrons. The minimum atomic E-state index is -0.881. The zero-order valence-electron chi connectivity index (χ0n) is 11.9. The zero-order valence-corrected chi connectivity index (χ0v) is 11.9. The summed E-state index contributed by atoms with van der Waals surface area (Å²) in [6.45, 7) is 5.77. The van der Waals surface area contributed by atoms with Crippen molar-refractivity contribution < 1.29 is 19.4 Å². The zero-order chi connectivity index (χ0) is 15.1. The Morgan fingerprint density at radius 1 is 1.40 bits per heavy atom. The van der Waals surface area contributed by atoms with Gasteiger partial charge in [0.1, 0.15) is 0 Å². The monoisotopic (exact) mass is 280 g/mol. The lowest BCUT2D eigenvalue weighted by atomic mass is 10.1. The third-order valence-corrected chi connectivity index (χ3v) is 2.48. The van der Waals surface area contributed by atoms with Gasteiger partial charge in [-0.3, -0.25) is 9.59 Å². The number of aromatic nitrogens is 1. The van der Waals surface area contributed by atoms with E-state index in [-0.39, 0.29) is 36.6 Å². The number of rotatable bonds is 7. The maximum absolute atomic E-state index is 12.0. The smallest absolute Gasteiger partial charge is 0.303 e. The van der Waals surface area contributed by atoms with Crippen LogP contribution >= 0.6 is 0 Å². The topological polar surface area (TPSA) is 88.5 Å². The molecule has 0 aliphatic rings. The number of hydrogen-bond acceptors (Lipinski definition) is 4. The highest BCUT2D eigenvalue weighted by molar-refractivity contribution is 5.94. The molecule has 6 heteroatoms. The van der Waals surface area contributed by atoms with E-state index in [0.717, 1.165) is 0 Å². The first-order chi connectivity index (χ1) is 9.40. The Morgan fingerprint density at radius 3 is 2.70 bits per heavy atom. The molecule has 110 valence electrons. The van der Waals surface area contributed by atoms with Crippen molar-refractivity contribution in [3.63, 3.8) is 0 Å². The van der Waals surface area contributed by atoms with Gasteiger partial charge in [-0.25, -0.2) is 4.98 Å². The van der Waals surface area contributed by atoms with Crippen molar-refractivity contribution in [3.05, 3.63) is 24.0 Å². The molecular formula is C14H20N2O4. The van der Waals surface area contributed by atoms with E-state index in [0.29, 0.717) is 5.75 Å². The molecule has 0 aliphatic carbocycles. The summed E-state index contributed by atoms with van der Waals surface area (Å²) in [6.07, 6.45) is 1.47. The highest BCUT2D eigenvalue weighted by Gasteiger charge is 2.16. The van der Waals surface area contributed by atoms with Crippen LogP contribution in [0.1, 0.15) is 37.7 Å². The first-order valence-electron chi connectivity index (χ1n) is 6.51. The number of carboxylic acids is 1. The van der Waals surface area contributed by atoms with Crippen molar-refractivity contribution in [2.45, 2.75) is 33.3 Å². The number of carboxylic acid groups (broad SMARTS) is 1. The number of pyridine rings is 1. The average Bonchev–Trinajstić information content (AvgIpc) is 2.35. The summed E-state index contributed by atoms with van der Waals surface area (Å²) < 4.78 is 5.52. The van der Waals surface area contributed by atoms with E-state index in [9.17, 15) is 9.59 Å². The Labute approximate surface area is 118 Å². The number of hydrogen-bond donors (Lipinski definition) is 2. The molecule has 0 saturated heterocycles. The number of carbonyl (C=O) groups is 2. The second-order valence-corrected chi connectivity index (χ2v) is 4.93. The van der Waals surface area contributed by atoms with E-state index in [1.807, 2.05) is 13.8 Å². The number of aliphatic carboxylic acids is 1. The van der Waals surface area contributed by atoms with Crippen LogP contribution in [0.15, 0.2) is 18.3 Å². The Bertz CT molecular complexity index is 474. The molecule has 1 aromatic rings. The average molecular weight is 280 g/mol. The first-order valence-corrected chi connectivity index (χ1v) is 6.51. The molecule has 0 saturated carbocycles. The van der Waals surface area contributed by atoms with Crippen molar-refractivity contribution in [1.82, 2.24) is 10.3 Å². The first kappa shape index (κ1) is 15.9. The van der Waals surface area contributed by atoms with E-state index in [2.05, 4.69) is 10.3 Å². The summed E-state index contributed by atoms with van der Waals surface area (Å²) in [5.74, 6) is -0.965. The summed E-state index contributed by atoms with van der Waals surface area (Å²) in [5, 5.41) is 11.3. The van der Waals surface area contributed by atoms with Crippen LogP contribution in [0.4, 0.5) is 0 Å². The highest BCUT2D eigenvalue weighted by atomic mass is 16.5. The molecule has 0 aliphatic heterocycles. The Morgan fingerprint density at radius 2 is 2.10 bits per heavy atom. The molecule has 1 rings (SSSR count). The Kier molecular flexibility index (Phi) is 5.96. The van der Waals surface area contributed by atoms with Crippen LogP contribution in [-0.4, -0.2) is 34.6 Å². The maximum Gasteiger partial charge on any atom is 0.303 e. The summed E-state index contributed by atoms with van der Waals surface area (Å²) in [4.78, 5) is 26.6. The van der Waals surface area contributed by atoms with Crippen molar-refractivity contribution in [2.24, 2.45) is 5.92 Å². The number of carbonyl (C=O) groups excluding carboxylic acids is 1. The maximum atomic E-state index is 12.0. The van der Waals surface area contributed by atoms with Crippen LogP contribution in [0.25, 0.3) is 0 Å². The van der Waals surface area contributed by atoms with E-state index in [1.54, 1.807) is 19.1 Å². The number of nitrogens with one attached hydrogen (secondary N) is 1. The quantitative estimate of drug-likeness (QED) is 0.793. The van der Waals surface area contributed by atoms with E-state index in [1.165, 1.54) is 6.20 Å². The molecule has 0 spiro atoms. The van der Waals surface area contributed by atoms with Gasteiger partial charge in [-0.15, -0.1) is 0 Å². The molecule has 0 bridgehead atoms. The largest absolute Gasteiger partial charge is 0.489 e. The van der Waals surface area contributed by atoms with Gasteiger partial charge in [0.25, 0.3) is 5.91 Å². The normalized spacial score (nSPS) is 12.0. The minimum absolute atomic E-state index is 0.0118. The number of ether oxygens (including phenoxy) is 1. The summed E-state index contributed by atoms with van der Waals surface area (Å²) in [6, 6.07) is 3.38. The molecule has 2 N–H and O–H groups in total. The summed E-state index contributed by atoms with van der Waals surface area (Å²) in [7, 11) is 0. The predicted octanol–water partition coefficient (Wildman–Crippen LogP) is 1.71. The summed E-state index contributed by atoms with van der Waals surface area (Å²) >= 11 is 0. The standard InChI is InChI=1S/C14H20N2O4/c1-9(2)20-11-5-4-6-15-13(11)14(19)16-8-10(3)7-12(17)18/h4-6,9-10H,7-8H2,1-3H3,(H,16,19)(H,17,18). The van der Waals surface area contributed by atoms with Gasteiger partial charge in [0.05, 0.1) is 6.10 Å². The lowest BCUT2D eigenvalue weighted by molar-refractivity contribution is -0.137. The van der Waals surface area contributed by atoms with Gasteiger partial charge in [0, 0.05) is 19.2 Å². The van der Waals surface area contributed by atoms with Crippen molar-refractivity contribution in [1.29, 1.82) is 0 Å². The van der Waals surface area contributed by atoms with Gasteiger partial charge >= 0.3 is 5.97 Å². The van der Waals surface area contributed by atoms with Crippen LogP contribution in [-0.2, 0) is 4.79 Å². The fourth-order valence-corrected chi connectivity index (χ4v) is 1.63. The fourth-order valence-electron chi connectivity index (χ4n) is 1.63. The molecule has 1 amide bonds. The van der Waals surface area contributed by atoms with Gasteiger partial charge < -0.3 is 15.2 Å². The molecule has 6 nitrogen and oxygen atoms in total. The van der Waals surface area contributed by atoms with Crippen LogP contribution < -0.4 is 10.1 Å². The van der Waals surface area contributed by atoms with Crippen LogP contribution in [0.5, 0.6) is 5.75 Å². The van der Waals surface area contributed by atoms with E-state index < -0.39 is 5.97 Å². The van der Waals surface area contributed by atoms with Crippen molar-refractivity contribution in [2.75, 3.05) is 6.54 Å². The van der Waals surface area contributed by atoms with Gasteiger partial charge in [0.15, 0.2) is 11.4 Å². The lowest BCUT2D eigenvalue weighted by Gasteiger charge is -2.14. The minimum Gasteiger partial charge on any atom is -0.489 e. The molecule has 1 atom stereocenters. The molecule has 1 unspecified atom stereocenters. The van der Waals surface area contributed by atoms with E-state index >= 15 is 0 Å². The molecule has 20 heavy (non-hydrogen) atoms. The molecule has 0 aromatic carbocycles. The third kappa shape index (κ3) is 5.26. The second-order valence-electron chi connectivity index (χ2n) is 4.93. The van der Waals surface area contributed by atoms with Gasteiger partial charge in [-0.05, 0) is 31.9 Å². The van der Waals surface area contributed by atoms with Gasteiger partial charge in [-0.1, -0.05) is 6.92 Å². The number of nitrogens with zero attached hydrogens (tertiary/aromatic N) is 1. The van der Waals surface area contributed by atoms with Gasteiger partial charge in [-0.2, -0.15) is 0 Å². The van der Waals surface area contributed by atoms with E-state index in [4.69, 9.17) is 9.84 Å². The Hall–Kier alpha value is -2.11. The molecule has 0 fully saturated rings. The molecule has 1 aromatic heterocycles. The predicted molar refractivity (Wildman–Crippen MR) is 73.8 cm³/mol. The lowest BCUT2D eigenvalue weighted by Crippen LogP contribution is -2.30. The van der Waals surface area contributed by atoms with Gasteiger partial charge in [0.2, 0.25) is 0 Å². The number of amides is 1. The molecule has 1 heterocycles. The molecular weight excluding hydrogens is 260 g/mol. The van der Waals surface area contributed by atoms with Crippen molar-refractivity contribution >= 4 is 11.9 Å². The third-order valence-electron chi connectivity index (χ3n) is 2.48. The highest BCUT2D eigenvalue weighted by Crippen LogP contribution is 2.16. The fraction of sp³-hybridized carbons (Fsp3) is 0.500.